The third-order valence-electron chi connectivity index (χ3n) is 6.88. The number of benzene rings is 1. The van der Waals surface area contributed by atoms with Crippen LogP contribution in [0.3, 0.4) is 0 Å². The standard InChI is InChI=1S/C24H23N5O3/c1-28-14-25-27-21(28)9-24(12-32-13-24)16-3-2-4-18(7-16)29-10-20-19(23(29)31)8-17(11-30)26-22(20)15-5-6-15/h2-4,7-8,11,14-15H,5-6,9-10,12-13H2,1H3. The van der Waals surface area contributed by atoms with Gasteiger partial charge in [0.05, 0.1) is 25.5 Å². The summed E-state index contributed by atoms with van der Waals surface area (Å²) in [6.45, 7) is 1.70. The number of aldehydes is 1. The first kappa shape index (κ1) is 19.3. The van der Waals surface area contributed by atoms with Crippen molar-refractivity contribution in [2.75, 3.05) is 18.1 Å². The minimum absolute atomic E-state index is 0.0724. The molecule has 1 saturated carbocycles. The monoisotopic (exact) mass is 429 g/mol. The van der Waals surface area contributed by atoms with Crippen molar-refractivity contribution in [2.24, 2.45) is 7.05 Å². The van der Waals surface area contributed by atoms with Crippen LogP contribution in [0.25, 0.3) is 0 Å². The molecule has 2 fully saturated rings. The summed E-state index contributed by atoms with van der Waals surface area (Å²) >= 11 is 0. The van der Waals surface area contributed by atoms with Crippen molar-refractivity contribution in [3.05, 3.63) is 70.6 Å². The molecule has 0 unspecified atom stereocenters. The Morgan fingerprint density at radius 3 is 2.75 bits per heavy atom. The minimum atomic E-state index is -0.183. The topological polar surface area (TPSA) is 90.2 Å². The van der Waals surface area contributed by atoms with Gasteiger partial charge in [0.25, 0.3) is 5.91 Å². The number of pyridine rings is 1. The van der Waals surface area contributed by atoms with E-state index in [-0.39, 0.29) is 11.3 Å². The molecule has 0 bridgehead atoms. The quantitative estimate of drug-likeness (QED) is 0.560. The van der Waals surface area contributed by atoms with E-state index in [2.05, 4.69) is 27.3 Å². The zero-order valence-electron chi connectivity index (χ0n) is 17.8. The zero-order valence-corrected chi connectivity index (χ0v) is 17.8. The van der Waals surface area contributed by atoms with Gasteiger partial charge in [-0.15, -0.1) is 10.2 Å². The van der Waals surface area contributed by atoms with Gasteiger partial charge in [-0.2, -0.15) is 0 Å². The minimum Gasteiger partial charge on any atom is -0.379 e. The largest absolute Gasteiger partial charge is 0.379 e. The lowest BCUT2D eigenvalue weighted by molar-refractivity contribution is -0.0611. The van der Waals surface area contributed by atoms with Crippen molar-refractivity contribution in [3.8, 4) is 0 Å². The van der Waals surface area contributed by atoms with Gasteiger partial charge in [0.15, 0.2) is 6.29 Å². The molecule has 6 rings (SSSR count). The van der Waals surface area contributed by atoms with Crippen LogP contribution in [-0.4, -0.2) is 45.2 Å². The van der Waals surface area contributed by atoms with Gasteiger partial charge >= 0.3 is 0 Å². The van der Waals surface area contributed by atoms with E-state index in [1.165, 1.54) is 0 Å². The zero-order chi connectivity index (χ0) is 21.9. The van der Waals surface area contributed by atoms with E-state index in [0.717, 1.165) is 53.9 Å². The highest BCUT2D eigenvalue weighted by molar-refractivity contribution is 6.10. The highest BCUT2D eigenvalue weighted by atomic mass is 16.5. The van der Waals surface area contributed by atoms with Crippen molar-refractivity contribution in [1.82, 2.24) is 19.7 Å². The van der Waals surface area contributed by atoms with Crippen molar-refractivity contribution in [1.29, 1.82) is 0 Å². The van der Waals surface area contributed by atoms with Gasteiger partial charge in [-0.3, -0.25) is 9.59 Å². The molecule has 0 atom stereocenters. The summed E-state index contributed by atoms with van der Waals surface area (Å²) in [5.41, 5.74) is 4.62. The van der Waals surface area contributed by atoms with Crippen LogP contribution in [0.4, 0.5) is 5.69 Å². The first-order valence-corrected chi connectivity index (χ1v) is 10.9. The van der Waals surface area contributed by atoms with Crippen LogP contribution in [0.5, 0.6) is 0 Å². The molecule has 1 aromatic carbocycles. The number of carbonyl (C=O) groups is 2. The number of anilines is 1. The van der Waals surface area contributed by atoms with E-state index >= 15 is 0 Å². The highest BCUT2D eigenvalue weighted by Crippen LogP contribution is 2.44. The average molecular weight is 429 g/mol. The summed E-state index contributed by atoms with van der Waals surface area (Å²) in [5.74, 6) is 1.20. The van der Waals surface area contributed by atoms with Gasteiger partial charge in [-0.05, 0) is 36.6 Å². The maximum Gasteiger partial charge on any atom is 0.259 e. The average Bonchev–Trinajstić information content (AvgIpc) is 3.47. The number of amides is 1. The number of ether oxygens (including phenoxy) is 1. The fourth-order valence-corrected chi connectivity index (χ4v) is 4.80. The fourth-order valence-electron chi connectivity index (χ4n) is 4.80. The number of fused-ring (bicyclic) bond motifs is 1. The second-order valence-electron chi connectivity index (χ2n) is 9.10. The summed E-state index contributed by atoms with van der Waals surface area (Å²) in [4.78, 5) is 31.1. The predicted molar refractivity (Wildman–Crippen MR) is 116 cm³/mol. The molecular weight excluding hydrogens is 406 g/mol. The lowest BCUT2D eigenvalue weighted by atomic mass is 9.75. The summed E-state index contributed by atoms with van der Waals surface area (Å²) in [5, 5.41) is 8.25. The number of hydrogen-bond acceptors (Lipinski definition) is 6. The maximum absolute atomic E-state index is 13.3. The van der Waals surface area contributed by atoms with Crippen molar-refractivity contribution in [3.63, 3.8) is 0 Å². The Hall–Kier alpha value is -3.39. The third kappa shape index (κ3) is 2.97. The number of rotatable bonds is 6. The number of hydrogen-bond donors (Lipinski definition) is 0. The summed E-state index contributed by atoms with van der Waals surface area (Å²) in [6, 6.07) is 9.78. The van der Waals surface area contributed by atoms with E-state index in [4.69, 9.17) is 4.74 Å². The summed E-state index contributed by atoms with van der Waals surface area (Å²) < 4.78 is 7.55. The van der Waals surface area contributed by atoms with Crippen LogP contribution >= 0.6 is 0 Å². The number of nitrogens with zero attached hydrogens (tertiary/aromatic N) is 5. The van der Waals surface area contributed by atoms with Crippen LogP contribution < -0.4 is 4.90 Å². The fraction of sp³-hybridized carbons (Fsp3) is 0.375. The normalized spacial score (nSPS) is 19.0. The maximum atomic E-state index is 13.3. The van der Waals surface area contributed by atoms with Gasteiger partial charge < -0.3 is 14.2 Å². The van der Waals surface area contributed by atoms with Crippen LogP contribution in [0.1, 0.15) is 62.3 Å². The molecule has 8 nitrogen and oxygen atoms in total. The van der Waals surface area contributed by atoms with E-state index in [0.29, 0.717) is 36.9 Å². The molecule has 162 valence electrons. The molecule has 8 heteroatoms. The van der Waals surface area contributed by atoms with E-state index in [1.54, 1.807) is 17.3 Å². The first-order valence-electron chi connectivity index (χ1n) is 10.9. The number of carbonyl (C=O) groups excluding carboxylic acids is 2. The molecule has 1 amide bonds. The van der Waals surface area contributed by atoms with Gasteiger partial charge in [0, 0.05) is 41.6 Å². The number of aromatic nitrogens is 4. The van der Waals surface area contributed by atoms with E-state index in [9.17, 15) is 9.59 Å². The Bertz CT molecular complexity index is 1240. The second kappa shape index (κ2) is 7.06. The Balaban J connectivity index is 1.34. The lowest BCUT2D eigenvalue weighted by Gasteiger charge is -2.42. The summed E-state index contributed by atoms with van der Waals surface area (Å²) in [7, 11) is 1.94. The Morgan fingerprint density at radius 1 is 1.25 bits per heavy atom. The molecule has 2 aliphatic heterocycles. The van der Waals surface area contributed by atoms with Crippen LogP contribution in [-0.2, 0) is 30.2 Å². The van der Waals surface area contributed by atoms with Gasteiger partial charge in [0.1, 0.15) is 17.8 Å². The van der Waals surface area contributed by atoms with E-state index < -0.39 is 0 Å². The smallest absolute Gasteiger partial charge is 0.259 e. The number of aryl methyl sites for hydroxylation is 1. The van der Waals surface area contributed by atoms with Gasteiger partial charge in [-0.25, -0.2) is 4.98 Å². The van der Waals surface area contributed by atoms with Crippen molar-refractivity contribution < 1.29 is 14.3 Å². The molecule has 0 N–H and O–H groups in total. The third-order valence-corrected chi connectivity index (χ3v) is 6.88. The molecule has 3 aromatic rings. The highest BCUT2D eigenvalue weighted by Gasteiger charge is 2.42. The molecule has 1 saturated heterocycles. The SMILES string of the molecule is Cn1cnnc1CC1(c2cccc(N3Cc4c(cc(C=O)nc4C4CC4)C3=O)c2)COC1. The Kier molecular flexibility index (Phi) is 4.26. The lowest BCUT2D eigenvalue weighted by Crippen LogP contribution is -2.49. The van der Waals surface area contributed by atoms with Crippen LogP contribution in [0, 0.1) is 0 Å². The second-order valence-corrected chi connectivity index (χ2v) is 9.10. The van der Waals surface area contributed by atoms with Crippen LogP contribution in [0.15, 0.2) is 36.7 Å². The first-order chi connectivity index (χ1) is 15.6. The van der Waals surface area contributed by atoms with E-state index in [1.807, 2.05) is 23.7 Å². The molecule has 4 heterocycles. The molecule has 0 radical (unpaired) electrons. The Labute approximate surface area is 185 Å². The predicted octanol–water partition coefficient (Wildman–Crippen LogP) is 2.57. The molecule has 1 aliphatic carbocycles. The Morgan fingerprint density at radius 2 is 2.09 bits per heavy atom. The molecule has 0 spiro atoms. The van der Waals surface area contributed by atoms with Crippen LogP contribution in [0.2, 0.25) is 0 Å². The van der Waals surface area contributed by atoms with Gasteiger partial charge in [-0.1, -0.05) is 12.1 Å². The van der Waals surface area contributed by atoms with Crippen molar-refractivity contribution >= 4 is 17.9 Å². The molecule has 32 heavy (non-hydrogen) atoms. The van der Waals surface area contributed by atoms with Crippen molar-refractivity contribution in [2.45, 2.75) is 37.1 Å². The molecule has 2 aromatic heterocycles. The molecular formula is C24H23N5O3. The molecule has 3 aliphatic rings. The summed E-state index contributed by atoms with van der Waals surface area (Å²) in [6.07, 6.45) is 5.29. The van der Waals surface area contributed by atoms with Gasteiger partial charge in [0.2, 0.25) is 0 Å².